The van der Waals surface area contributed by atoms with Crippen molar-refractivity contribution in [3.05, 3.63) is 95.1 Å². The summed E-state index contributed by atoms with van der Waals surface area (Å²) in [6.45, 7) is 3.31. The second-order valence-corrected chi connectivity index (χ2v) is 10.5. The number of piperidine rings is 1. The standard InChI is InChI=1S/C32H37F3N4O3/c1-2-37-26-17-24(18-27(19-26)39-14-7-6-13-30(39)41)31(42)38-28(16-22-9-4-3-5-10-22)29(40)21-36-20-23-11-8-12-25(15-23)32(33,34)35/h3-5,8-12,15,17-19,28-29,36-37,40H,2,6-7,13-14,16,20-21H2,1H3,(H,38,42)/t28-,29-/m0/s1. The Bertz CT molecular complexity index is 1350. The predicted molar refractivity (Wildman–Crippen MR) is 157 cm³/mol. The van der Waals surface area contributed by atoms with E-state index in [0.717, 1.165) is 30.5 Å². The maximum Gasteiger partial charge on any atom is 0.416 e. The van der Waals surface area contributed by atoms with Gasteiger partial charge in [0.05, 0.1) is 17.7 Å². The molecule has 4 rings (SSSR count). The number of aliphatic hydroxyl groups is 1. The van der Waals surface area contributed by atoms with Gasteiger partial charge in [-0.1, -0.05) is 48.5 Å². The van der Waals surface area contributed by atoms with Crippen LogP contribution in [-0.2, 0) is 23.9 Å². The molecule has 1 saturated heterocycles. The van der Waals surface area contributed by atoms with E-state index in [4.69, 9.17) is 0 Å². The van der Waals surface area contributed by atoms with Crippen molar-refractivity contribution < 1.29 is 27.9 Å². The van der Waals surface area contributed by atoms with Gasteiger partial charge >= 0.3 is 6.18 Å². The first-order valence-electron chi connectivity index (χ1n) is 14.2. The van der Waals surface area contributed by atoms with E-state index in [0.29, 0.717) is 48.4 Å². The van der Waals surface area contributed by atoms with Gasteiger partial charge in [0.15, 0.2) is 0 Å². The summed E-state index contributed by atoms with van der Waals surface area (Å²) in [6, 6.07) is 19.0. The van der Waals surface area contributed by atoms with Crippen molar-refractivity contribution in [1.29, 1.82) is 0 Å². The molecular weight excluding hydrogens is 545 g/mol. The molecule has 10 heteroatoms. The molecule has 0 aromatic heterocycles. The van der Waals surface area contributed by atoms with Crippen molar-refractivity contribution in [2.75, 3.05) is 29.9 Å². The van der Waals surface area contributed by atoms with Crippen LogP contribution in [0.3, 0.4) is 0 Å². The van der Waals surface area contributed by atoms with Crippen molar-refractivity contribution in [2.45, 2.75) is 57.5 Å². The van der Waals surface area contributed by atoms with Crippen LogP contribution >= 0.6 is 0 Å². The Kier molecular flexibility index (Phi) is 10.6. The van der Waals surface area contributed by atoms with Crippen LogP contribution in [0.25, 0.3) is 0 Å². The molecule has 1 fully saturated rings. The van der Waals surface area contributed by atoms with Crippen LogP contribution in [0.15, 0.2) is 72.8 Å². The number of halogens is 3. The molecule has 0 saturated carbocycles. The molecule has 4 N–H and O–H groups in total. The molecule has 1 aliphatic heterocycles. The van der Waals surface area contributed by atoms with Crippen LogP contribution in [0.2, 0.25) is 0 Å². The maximum absolute atomic E-state index is 13.6. The first-order valence-corrected chi connectivity index (χ1v) is 14.2. The highest BCUT2D eigenvalue weighted by atomic mass is 19.4. The third-order valence-corrected chi connectivity index (χ3v) is 7.21. The van der Waals surface area contributed by atoms with Crippen molar-refractivity contribution in [2.24, 2.45) is 0 Å². The number of hydrogen-bond donors (Lipinski definition) is 4. The van der Waals surface area contributed by atoms with Crippen LogP contribution in [-0.4, -0.2) is 48.7 Å². The third-order valence-electron chi connectivity index (χ3n) is 7.21. The lowest BCUT2D eigenvalue weighted by Crippen LogP contribution is -2.48. The van der Waals surface area contributed by atoms with E-state index in [1.165, 1.54) is 6.07 Å². The van der Waals surface area contributed by atoms with Crippen LogP contribution in [0, 0.1) is 0 Å². The zero-order chi connectivity index (χ0) is 30.1. The van der Waals surface area contributed by atoms with Gasteiger partial charge in [0, 0.05) is 49.5 Å². The largest absolute Gasteiger partial charge is 0.416 e. The van der Waals surface area contributed by atoms with Gasteiger partial charge in [0.2, 0.25) is 5.91 Å². The number of alkyl halides is 3. The normalized spacial score (nSPS) is 15.3. The summed E-state index contributed by atoms with van der Waals surface area (Å²) >= 11 is 0. The summed E-state index contributed by atoms with van der Waals surface area (Å²) in [4.78, 5) is 27.9. The number of amides is 2. The van der Waals surface area contributed by atoms with E-state index in [1.807, 2.05) is 43.3 Å². The van der Waals surface area contributed by atoms with Crippen LogP contribution in [0.4, 0.5) is 24.5 Å². The van der Waals surface area contributed by atoms with Gasteiger partial charge in [-0.15, -0.1) is 0 Å². The third kappa shape index (κ3) is 8.56. The Hall–Kier alpha value is -3.89. The summed E-state index contributed by atoms with van der Waals surface area (Å²) < 4.78 is 39.3. The zero-order valence-corrected chi connectivity index (χ0v) is 23.6. The maximum atomic E-state index is 13.6. The summed E-state index contributed by atoms with van der Waals surface area (Å²) in [6.07, 6.45) is -2.95. The van der Waals surface area contributed by atoms with Crippen LogP contribution in [0.1, 0.15) is 53.2 Å². The lowest BCUT2D eigenvalue weighted by Gasteiger charge is -2.28. The van der Waals surface area contributed by atoms with E-state index in [9.17, 15) is 27.9 Å². The number of nitrogens with zero attached hydrogens (tertiary/aromatic N) is 1. The highest BCUT2D eigenvalue weighted by Gasteiger charge is 2.30. The number of hydrogen-bond acceptors (Lipinski definition) is 5. The second-order valence-electron chi connectivity index (χ2n) is 10.5. The van der Waals surface area contributed by atoms with Crippen molar-refractivity contribution in [3.8, 4) is 0 Å². The van der Waals surface area contributed by atoms with Crippen molar-refractivity contribution in [1.82, 2.24) is 10.6 Å². The molecule has 0 bridgehead atoms. The van der Waals surface area contributed by atoms with Gasteiger partial charge in [-0.05, 0) is 61.6 Å². The first kappa shape index (κ1) is 31.1. The van der Waals surface area contributed by atoms with Gasteiger partial charge in [0.25, 0.3) is 5.91 Å². The molecular formula is C32H37F3N4O3. The Morgan fingerprint density at radius 3 is 2.48 bits per heavy atom. The number of rotatable bonds is 12. The summed E-state index contributed by atoms with van der Waals surface area (Å²) in [5.41, 5.74) is 2.31. The summed E-state index contributed by atoms with van der Waals surface area (Å²) in [7, 11) is 0. The Morgan fingerprint density at radius 2 is 1.76 bits per heavy atom. The summed E-state index contributed by atoms with van der Waals surface area (Å²) in [5, 5.41) is 20.3. The minimum atomic E-state index is -4.44. The van der Waals surface area contributed by atoms with Crippen LogP contribution in [0.5, 0.6) is 0 Å². The molecule has 1 heterocycles. The monoisotopic (exact) mass is 582 g/mol. The fraction of sp³-hybridized carbons (Fsp3) is 0.375. The molecule has 0 unspecified atom stereocenters. The molecule has 0 aliphatic carbocycles. The number of anilines is 2. The van der Waals surface area contributed by atoms with Gasteiger partial charge in [-0.3, -0.25) is 9.59 Å². The summed E-state index contributed by atoms with van der Waals surface area (Å²) in [5.74, 6) is -0.385. The Balaban J connectivity index is 1.50. The predicted octanol–water partition coefficient (Wildman–Crippen LogP) is 5.15. The Labute approximate surface area is 244 Å². The fourth-order valence-corrected chi connectivity index (χ4v) is 5.05. The van der Waals surface area contributed by atoms with Gasteiger partial charge < -0.3 is 26.0 Å². The second kappa shape index (κ2) is 14.3. The molecule has 3 aromatic rings. The molecule has 42 heavy (non-hydrogen) atoms. The molecule has 7 nitrogen and oxygen atoms in total. The van der Waals surface area contributed by atoms with Crippen LogP contribution < -0.4 is 20.9 Å². The SMILES string of the molecule is CCNc1cc(C(=O)N[C@@H](Cc2ccccc2)[C@@H](O)CNCc2cccc(C(F)(F)F)c2)cc(N2CCCCC2=O)c1. The fourth-order valence-electron chi connectivity index (χ4n) is 5.05. The number of nitrogens with one attached hydrogen (secondary N) is 3. The quantitative estimate of drug-likeness (QED) is 0.237. The van der Waals surface area contributed by atoms with Gasteiger partial charge in [-0.2, -0.15) is 13.2 Å². The van der Waals surface area contributed by atoms with E-state index in [2.05, 4.69) is 16.0 Å². The van der Waals surface area contributed by atoms with E-state index in [-0.39, 0.29) is 19.0 Å². The van der Waals surface area contributed by atoms with Crippen molar-refractivity contribution >= 4 is 23.2 Å². The average Bonchev–Trinajstić information content (AvgIpc) is 2.97. The van der Waals surface area contributed by atoms with E-state index >= 15 is 0 Å². The molecule has 3 aromatic carbocycles. The lowest BCUT2D eigenvalue weighted by atomic mass is 10.00. The first-order chi connectivity index (χ1) is 20.1. The highest BCUT2D eigenvalue weighted by Crippen LogP contribution is 2.30. The molecule has 2 amide bonds. The molecule has 2 atom stereocenters. The number of carbonyl (C=O) groups excluding carboxylic acids is 2. The minimum Gasteiger partial charge on any atom is -0.390 e. The molecule has 1 aliphatic rings. The van der Waals surface area contributed by atoms with Crippen molar-refractivity contribution in [3.63, 3.8) is 0 Å². The average molecular weight is 583 g/mol. The number of aliphatic hydroxyl groups excluding tert-OH is 1. The minimum absolute atomic E-state index is 0.0190. The lowest BCUT2D eigenvalue weighted by molar-refractivity contribution is -0.137. The molecule has 224 valence electrons. The smallest absolute Gasteiger partial charge is 0.390 e. The number of benzene rings is 3. The topological polar surface area (TPSA) is 93.7 Å². The highest BCUT2D eigenvalue weighted by molar-refractivity contribution is 5.99. The Morgan fingerprint density at radius 1 is 1.00 bits per heavy atom. The molecule has 0 spiro atoms. The zero-order valence-electron chi connectivity index (χ0n) is 23.6. The molecule has 0 radical (unpaired) electrons. The van der Waals surface area contributed by atoms with E-state index < -0.39 is 29.8 Å². The van der Waals surface area contributed by atoms with Gasteiger partial charge in [-0.25, -0.2) is 0 Å². The van der Waals surface area contributed by atoms with E-state index in [1.54, 1.807) is 23.1 Å². The van der Waals surface area contributed by atoms with Gasteiger partial charge in [0.1, 0.15) is 0 Å². The number of carbonyl (C=O) groups is 2.